The van der Waals surface area contributed by atoms with Crippen molar-refractivity contribution in [3.8, 4) is 0 Å². The predicted octanol–water partition coefficient (Wildman–Crippen LogP) is 6.87. The van der Waals surface area contributed by atoms with Crippen LogP contribution >= 0.6 is 0 Å². The summed E-state index contributed by atoms with van der Waals surface area (Å²) in [5, 5.41) is 0. The lowest BCUT2D eigenvalue weighted by Crippen LogP contribution is -2.24. The van der Waals surface area contributed by atoms with E-state index in [1.54, 1.807) is 0 Å². The highest BCUT2D eigenvalue weighted by atomic mass is 15.1. The lowest BCUT2D eigenvalue weighted by atomic mass is 9.71. The van der Waals surface area contributed by atoms with E-state index >= 15 is 0 Å². The summed E-state index contributed by atoms with van der Waals surface area (Å²) in [6.07, 6.45) is 3.57. The van der Waals surface area contributed by atoms with Crippen LogP contribution in [0.1, 0.15) is 57.7 Å². The van der Waals surface area contributed by atoms with Gasteiger partial charge >= 0.3 is 0 Å². The molecule has 3 rings (SSSR count). The molecule has 1 aliphatic rings. The van der Waals surface area contributed by atoms with Gasteiger partial charge in [0.05, 0.1) is 0 Å². The van der Waals surface area contributed by atoms with E-state index in [1.165, 1.54) is 33.6 Å². The summed E-state index contributed by atoms with van der Waals surface area (Å²) in [6.45, 7) is 14.7. The smallest absolute Gasteiger partial charge is 0.0414 e. The van der Waals surface area contributed by atoms with Crippen molar-refractivity contribution in [3.05, 3.63) is 65.2 Å². The van der Waals surface area contributed by atoms with E-state index in [0.717, 1.165) is 13.0 Å². The van der Waals surface area contributed by atoms with Crippen LogP contribution in [-0.4, -0.2) is 6.54 Å². The molecule has 0 aromatic heterocycles. The first kappa shape index (κ1) is 17.8. The second-order valence-electron chi connectivity index (χ2n) is 8.21. The Hall–Kier alpha value is -2.02. The first-order valence-corrected chi connectivity index (χ1v) is 9.52. The molecule has 0 aliphatic heterocycles. The van der Waals surface area contributed by atoms with Gasteiger partial charge in [0, 0.05) is 17.9 Å². The van der Waals surface area contributed by atoms with E-state index < -0.39 is 0 Å². The quantitative estimate of drug-likeness (QED) is 0.590. The fraction of sp³-hybridized carbons (Fsp3) is 0.417. The van der Waals surface area contributed by atoms with E-state index in [4.69, 9.17) is 0 Å². The van der Waals surface area contributed by atoms with Gasteiger partial charge in [-0.3, -0.25) is 0 Å². The van der Waals surface area contributed by atoms with Crippen molar-refractivity contribution in [2.75, 3.05) is 11.4 Å². The predicted molar refractivity (Wildman–Crippen MR) is 111 cm³/mol. The molecule has 0 radical (unpaired) electrons. The number of hydrogen-bond donors (Lipinski definition) is 0. The minimum atomic E-state index is 0.191. The minimum absolute atomic E-state index is 0.191. The zero-order valence-corrected chi connectivity index (χ0v) is 16.6. The van der Waals surface area contributed by atoms with Gasteiger partial charge in [0.2, 0.25) is 0 Å². The van der Waals surface area contributed by atoms with Crippen molar-refractivity contribution in [3.63, 3.8) is 0 Å². The SMILES string of the molecule is CCN(c1ccc(C)cc1)c1ccc2c(c1)C(C)(C)CC=C2C(C)C. The van der Waals surface area contributed by atoms with Crippen LogP contribution in [0.15, 0.2) is 48.5 Å². The van der Waals surface area contributed by atoms with Crippen molar-refractivity contribution in [1.82, 2.24) is 0 Å². The Morgan fingerprint density at radius 2 is 1.64 bits per heavy atom. The van der Waals surface area contributed by atoms with Gasteiger partial charge in [0.15, 0.2) is 0 Å². The maximum Gasteiger partial charge on any atom is 0.0414 e. The number of allylic oxidation sites excluding steroid dienone is 2. The lowest BCUT2D eigenvalue weighted by molar-refractivity contribution is 0.523. The first-order chi connectivity index (χ1) is 11.8. The van der Waals surface area contributed by atoms with Gasteiger partial charge in [-0.05, 0) is 72.6 Å². The average molecular weight is 334 g/mol. The normalized spacial score (nSPS) is 15.7. The van der Waals surface area contributed by atoms with E-state index in [0.29, 0.717) is 5.92 Å². The summed E-state index contributed by atoms with van der Waals surface area (Å²) in [7, 11) is 0. The van der Waals surface area contributed by atoms with Crippen molar-refractivity contribution < 1.29 is 0 Å². The first-order valence-electron chi connectivity index (χ1n) is 9.52. The second-order valence-corrected chi connectivity index (χ2v) is 8.21. The zero-order chi connectivity index (χ0) is 18.2. The molecule has 132 valence electrons. The number of benzene rings is 2. The number of hydrogen-bond acceptors (Lipinski definition) is 1. The maximum atomic E-state index is 2.45. The Labute approximate surface area is 153 Å². The second kappa shape index (κ2) is 6.71. The van der Waals surface area contributed by atoms with Gasteiger partial charge in [-0.15, -0.1) is 0 Å². The Kier molecular flexibility index (Phi) is 4.77. The number of aryl methyl sites for hydroxylation is 1. The molecule has 0 spiro atoms. The fourth-order valence-electron chi connectivity index (χ4n) is 3.88. The Bertz CT molecular complexity index is 778. The van der Waals surface area contributed by atoms with Crippen LogP contribution in [0.25, 0.3) is 5.57 Å². The van der Waals surface area contributed by atoms with E-state index in [2.05, 4.69) is 95.0 Å². The molecular formula is C24H31N. The summed E-state index contributed by atoms with van der Waals surface area (Å²) in [5.41, 5.74) is 8.48. The van der Waals surface area contributed by atoms with Crippen molar-refractivity contribution in [2.24, 2.45) is 5.92 Å². The Balaban J connectivity index is 2.07. The summed E-state index contributed by atoms with van der Waals surface area (Å²) < 4.78 is 0. The molecule has 0 saturated carbocycles. The molecule has 1 nitrogen and oxygen atoms in total. The third-order valence-corrected chi connectivity index (χ3v) is 5.47. The maximum absolute atomic E-state index is 2.45. The number of nitrogens with zero attached hydrogens (tertiary/aromatic N) is 1. The molecule has 0 atom stereocenters. The van der Waals surface area contributed by atoms with Crippen LogP contribution < -0.4 is 4.90 Å². The monoisotopic (exact) mass is 333 g/mol. The van der Waals surface area contributed by atoms with Crippen LogP contribution in [0.4, 0.5) is 11.4 Å². The Morgan fingerprint density at radius 1 is 1.00 bits per heavy atom. The molecule has 2 aromatic rings. The van der Waals surface area contributed by atoms with Crippen LogP contribution in [0, 0.1) is 12.8 Å². The number of anilines is 2. The third kappa shape index (κ3) is 3.38. The van der Waals surface area contributed by atoms with Gasteiger partial charge in [-0.2, -0.15) is 0 Å². The van der Waals surface area contributed by atoms with Crippen molar-refractivity contribution in [1.29, 1.82) is 0 Å². The van der Waals surface area contributed by atoms with Gasteiger partial charge in [0.25, 0.3) is 0 Å². The summed E-state index contributed by atoms with van der Waals surface area (Å²) in [5.74, 6) is 0.570. The molecular weight excluding hydrogens is 302 g/mol. The highest BCUT2D eigenvalue weighted by molar-refractivity contribution is 5.76. The minimum Gasteiger partial charge on any atom is -0.342 e. The molecule has 1 aliphatic carbocycles. The van der Waals surface area contributed by atoms with Crippen molar-refractivity contribution >= 4 is 16.9 Å². The van der Waals surface area contributed by atoms with E-state index in [-0.39, 0.29) is 5.41 Å². The van der Waals surface area contributed by atoms with Gasteiger partial charge in [-0.1, -0.05) is 57.5 Å². The van der Waals surface area contributed by atoms with Crippen LogP contribution in [0.5, 0.6) is 0 Å². The van der Waals surface area contributed by atoms with Crippen LogP contribution in [0.3, 0.4) is 0 Å². The molecule has 0 bridgehead atoms. The molecule has 0 unspecified atom stereocenters. The largest absolute Gasteiger partial charge is 0.342 e. The Morgan fingerprint density at radius 3 is 2.24 bits per heavy atom. The topological polar surface area (TPSA) is 3.24 Å². The highest BCUT2D eigenvalue weighted by Gasteiger charge is 2.29. The van der Waals surface area contributed by atoms with Gasteiger partial charge in [-0.25, -0.2) is 0 Å². The summed E-state index contributed by atoms with van der Waals surface area (Å²) in [6, 6.07) is 15.9. The fourth-order valence-corrected chi connectivity index (χ4v) is 3.88. The van der Waals surface area contributed by atoms with E-state index in [1.807, 2.05) is 0 Å². The summed E-state index contributed by atoms with van der Waals surface area (Å²) >= 11 is 0. The van der Waals surface area contributed by atoms with Gasteiger partial charge < -0.3 is 4.90 Å². The molecule has 25 heavy (non-hydrogen) atoms. The van der Waals surface area contributed by atoms with E-state index in [9.17, 15) is 0 Å². The molecule has 0 fully saturated rings. The summed E-state index contributed by atoms with van der Waals surface area (Å²) in [4.78, 5) is 2.41. The van der Waals surface area contributed by atoms with Crippen molar-refractivity contribution in [2.45, 2.75) is 53.4 Å². The molecule has 2 aromatic carbocycles. The molecule has 0 N–H and O–H groups in total. The molecule has 0 amide bonds. The van der Waals surface area contributed by atoms with Gasteiger partial charge in [0.1, 0.15) is 0 Å². The lowest BCUT2D eigenvalue weighted by Gasteiger charge is -2.35. The molecule has 1 heteroatoms. The molecule has 0 saturated heterocycles. The zero-order valence-electron chi connectivity index (χ0n) is 16.6. The van der Waals surface area contributed by atoms with Crippen LogP contribution in [-0.2, 0) is 5.41 Å². The van der Waals surface area contributed by atoms with Crippen LogP contribution in [0.2, 0.25) is 0 Å². The standard InChI is InChI=1S/C24H31N/c1-7-25(19-10-8-18(4)9-11-19)20-12-13-22-21(17(2)3)14-15-24(5,6)23(22)16-20/h8-14,16-17H,7,15H2,1-6H3. The average Bonchev–Trinajstić information content (AvgIpc) is 2.57. The number of fused-ring (bicyclic) bond motifs is 1. The molecule has 0 heterocycles. The number of rotatable bonds is 4. The third-order valence-electron chi connectivity index (χ3n) is 5.47. The highest BCUT2D eigenvalue weighted by Crippen LogP contribution is 2.43.